The molecule has 4 heteroatoms. The number of hydrogen-bond donors (Lipinski definition) is 1. The lowest BCUT2D eigenvalue weighted by Gasteiger charge is -1.94. The maximum atomic E-state index is 10.2. The highest BCUT2D eigenvalue weighted by Gasteiger charge is 2.07. The Bertz CT molecular complexity index is 118. The van der Waals surface area contributed by atoms with Gasteiger partial charge in [-0.25, -0.2) is 0 Å². The summed E-state index contributed by atoms with van der Waals surface area (Å²) < 4.78 is 4.28. The summed E-state index contributed by atoms with van der Waals surface area (Å²) >= 11 is 0. The van der Waals surface area contributed by atoms with Gasteiger partial charge in [0.15, 0.2) is 6.42 Å². The molecule has 0 aliphatic rings. The predicted octanol–water partition coefficient (Wildman–Crippen LogP) is -0.162. The fraction of sp³-hybridized carbons (Fsp3) is 0.400. The van der Waals surface area contributed by atoms with Crippen molar-refractivity contribution >= 4 is 11.9 Å². The lowest BCUT2D eigenvalue weighted by atomic mass is 10.4. The van der Waals surface area contributed by atoms with Crippen molar-refractivity contribution in [1.82, 2.24) is 0 Å². The van der Waals surface area contributed by atoms with Crippen molar-refractivity contribution in [2.45, 2.75) is 6.92 Å². The molecular weight excluding hydrogens is 124 g/mol. The molecule has 0 aromatic rings. The number of carbonyl (C=O) groups is 2. The topological polar surface area (TPSA) is 63.6 Å². The summed E-state index contributed by atoms with van der Waals surface area (Å²) in [5.74, 6) is -2.10. The Labute approximate surface area is 52.4 Å². The van der Waals surface area contributed by atoms with Crippen molar-refractivity contribution in [3.8, 4) is 0 Å². The fourth-order valence-corrected chi connectivity index (χ4v) is 0.285. The minimum atomic E-state index is -1.28. The van der Waals surface area contributed by atoms with Gasteiger partial charge >= 0.3 is 11.9 Å². The van der Waals surface area contributed by atoms with Gasteiger partial charge in [-0.05, 0) is 6.92 Å². The number of hydrogen-bond acceptors (Lipinski definition) is 3. The summed E-state index contributed by atoms with van der Waals surface area (Å²) in [6, 6.07) is 0. The molecule has 0 aliphatic carbocycles. The van der Waals surface area contributed by atoms with Crippen LogP contribution >= 0.6 is 0 Å². The first-order chi connectivity index (χ1) is 4.16. The number of ether oxygens (including phenoxy) is 1. The number of carboxylic acids is 1. The van der Waals surface area contributed by atoms with Crippen molar-refractivity contribution in [3.63, 3.8) is 0 Å². The van der Waals surface area contributed by atoms with Gasteiger partial charge in [-0.15, -0.1) is 0 Å². The first-order valence-electron chi connectivity index (χ1n) is 2.41. The van der Waals surface area contributed by atoms with Crippen molar-refractivity contribution in [3.05, 3.63) is 6.42 Å². The van der Waals surface area contributed by atoms with Crippen molar-refractivity contribution in [2.75, 3.05) is 6.61 Å². The number of aliphatic carboxylic acids is 1. The molecule has 0 aromatic carbocycles. The van der Waals surface area contributed by atoms with E-state index >= 15 is 0 Å². The zero-order valence-corrected chi connectivity index (χ0v) is 4.96. The third-order valence-electron chi connectivity index (χ3n) is 0.528. The van der Waals surface area contributed by atoms with Crippen LogP contribution in [0.2, 0.25) is 0 Å². The molecule has 0 amide bonds. The second-order valence-electron chi connectivity index (χ2n) is 1.23. The van der Waals surface area contributed by atoms with Gasteiger partial charge in [0.25, 0.3) is 0 Å². The van der Waals surface area contributed by atoms with E-state index in [2.05, 4.69) is 4.74 Å². The zero-order chi connectivity index (χ0) is 7.28. The molecule has 0 aliphatic heterocycles. The first kappa shape index (κ1) is 7.94. The van der Waals surface area contributed by atoms with Crippen molar-refractivity contribution in [2.24, 2.45) is 0 Å². The molecule has 1 N–H and O–H groups in total. The molecule has 0 saturated carbocycles. The molecule has 1 radical (unpaired) electrons. The van der Waals surface area contributed by atoms with E-state index in [4.69, 9.17) is 5.11 Å². The van der Waals surface area contributed by atoms with Crippen LogP contribution in [0.15, 0.2) is 0 Å². The molecule has 0 unspecified atom stereocenters. The second-order valence-corrected chi connectivity index (χ2v) is 1.23. The SMILES string of the molecule is CCOC(=O)[CH]C(=O)O. The van der Waals surface area contributed by atoms with Gasteiger partial charge in [-0.1, -0.05) is 0 Å². The van der Waals surface area contributed by atoms with E-state index in [1.807, 2.05) is 0 Å². The van der Waals surface area contributed by atoms with Gasteiger partial charge in [-0.3, -0.25) is 9.59 Å². The van der Waals surface area contributed by atoms with E-state index in [-0.39, 0.29) is 6.61 Å². The third kappa shape index (κ3) is 4.80. The van der Waals surface area contributed by atoms with E-state index in [0.29, 0.717) is 6.42 Å². The standard InChI is InChI=1S/C5H7O4/c1-2-9-5(8)3-4(6)7/h3H,2H2,1H3,(H,6,7). The zero-order valence-electron chi connectivity index (χ0n) is 4.96. The smallest absolute Gasteiger partial charge is 0.321 e. The molecule has 0 fully saturated rings. The highest BCUT2D eigenvalue weighted by Crippen LogP contribution is 1.82. The number of carbonyl (C=O) groups excluding carboxylic acids is 1. The lowest BCUT2D eigenvalue weighted by molar-refractivity contribution is -0.144. The summed E-state index contributed by atoms with van der Waals surface area (Å²) in [6.45, 7) is 1.80. The molecule has 0 heterocycles. The maximum Gasteiger partial charge on any atom is 0.321 e. The van der Waals surface area contributed by atoms with Crippen LogP contribution in [0.3, 0.4) is 0 Å². The van der Waals surface area contributed by atoms with Crippen LogP contribution in [-0.2, 0) is 14.3 Å². The molecule has 0 saturated heterocycles. The fourth-order valence-electron chi connectivity index (χ4n) is 0.285. The average molecular weight is 131 g/mol. The Hall–Kier alpha value is -1.06. The Morgan fingerprint density at radius 2 is 2.22 bits per heavy atom. The van der Waals surface area contributed by atoms with E-state index in [0.717, 1.165) is 0 Å². The summed E-state index contributed by atoms with van der Waals surface area (Å²) in [7, 11) is 0. The van der Waals surface area contributed by atoms with Gasteiger partial charge in [0.1, 0.15) is 0 Å². The lowest BCUT2D eigenvalue weighted by Crippen LogP contribution is -2.10. The number of carboxylic acid groups (broad SMARTS) is 1. The van der Waals surface area contributed by atoms with E-state index in [1.54, 1.807) is 6.92 Å². The molecule has 51 valence electrons. The summed E-state index contributed by atoms with van der Waals surface area (Å²) in [5, 5.41) is 7.95. The van der Waals surface area contributed by atoms with Crippen LogP contribution < -0.4 is 0 Å². The summed E-state index contributed by atoms with van der Waals surface area (Å²) in [5.41, 5.74) is 0. The van der Waals surface area contributed by atoms with Crippen molar-refractivity contribution < 1.29 is 19.4 Å². The normalized spacial score (nSPS) is 8.56. The van der Waals surface area contributed by atoms with E-state index in [9.17, 15) is 9.59 Å². The third-order valence-corrected chi connectivity index (χ3v) is 0.528. The van der Waals surface area contributed by atoms with Crippen LogP contribution in [0.5, 0.6) is 0 Å². The number of esters is 1. The molecule has 4 nitrogen and oxygen atoms in total. The van der Waals surface area contributed by atoms with E-state index < -0.39 is 11.9 Å². The van der Waals surface area contributed by atoms with Crippen molar-refractivity contribution in [1.29, 1.82) is 0 Å². The Morgan fingerprint density at radius 1 is 1.67 bits per heavy atom. The molecule has 0 bridgehead atoms. The Kier molecular flexibility index (Phi) is 3.43. The molecule has 0 spiro atoms. The minimum absolute atomic E-state index is 0.197. The highest BCUT2D eigenvalue weighted by atomic mass is 16.5. The Morgan fingerprint density at radius 3 is 2.56 bits per heavy atom. The van der Waals surface area contributed by atoms with Gasteiger partial charge in [0.2, 0.25) is 0 Å². The monoisotopic (exact) mass is 131 g/mol. The minimum Gasteiger partial charge on any atom is -0.481 e. The molecular formula is C5H7O4. The predicted molar refractivity (Wildman–Crippen MR) is 28.6 cm³/mol. The van der Waals surface area contributed by atoms with Crippen LogP contribution in [0.4, 0.5) is 0 Å². The highest BCUT2D eigenvalue weighted by molar-refractivity contribution is 6.02. The van der Waals surface area contributed by atoms with Crippen LogP contribution in [0.25, 0.3) is 0 Å². The molecule has 0 aromatic heterocycles. The number of rotatable bonds is 3. The molecule has 9 heavy (non-hydrogen) atoms. The van der Waals surface area contributed by atoms with Gasteiger partial charge in [0.05, 0.1) is 6.61 Å². The van der Waals surface area contributed by atoms with Crippen LogP contribution in [-0.4, -0.2) is 23.7 Å². The summed E-state index contributed by atoms with van der Waals surface area (Å²) in [6.07, 6.45) is 0.476. The molecule has 0 atom stereocenters. The second kappa shape index (κ2) is 3.88. The summed E-state index contributed by atoms with van der Waals surface area (Å²) in [4.78, 5) is 19.9. The average Bonchev–Trinajstić information content (AvgIpc) is 1.63. The first-order valence-corrected chi connectivity index (χ1v) is 2.41. The van der Waals surface area contributed by atoms with Gasteiger partial charge < -0.3 is 9.84 Å². The van der Waals surface area contributed by atoms with E-state index in [1.165, 1.54) is 0 Å². The largest absolute Gasteiger partial charge is 0.481 e. The van der Waals surface area contributed by atoms with Crippen LogP contribution in [0.1, 0.15) is 6.92 Å². The maximum absolute atomic E-state index is 10.2. The van der Waals surface area contributed by atoms with Gasteiger partial charge in [0, 0.05) is 0 Å². The van der Waals surface area contributed by atoms with Crippen LogP contribution in [0, 0.1) is 6.42 Å². The Balaban J connectivity index is 3.39. The molecule has 0 rings (SSSR count). The quantitative estimate of drug-likeness (QED) is 0.427. The van der Waals surface area contributed by atoms with Gasteiger partial charge in [-0.2, -0.15) is 0 Å².